The lowest BCUT2D eigenvalue weighted by Crippen LogP contribution is -2.46. The van der Waals surface area contributed by atoms with Gasteiger partial charge in [-0.05, 0) is 48.6 Å². The van der Waals surface area contributed by atoms with E-state index in [1.54, 1.807) is 4.90 Å². The summed E-state index contributed by atoms with van der Waals surface area (Å²) in [5, 5.41) is 2.70. The van der Waals surface area contributed by atoms with E-state index >= 15 is 0 Å². The van der Waals surface area contributed by atoms with Crippen LogP contribution in [0.3, 0.4) is 0 Å². The van der Waals surface area contributed by atoms with Crippen molar-refractivity contribution in [1.29, 1.82) is 0 Å². The molecule has 1 saturated heterocycles. The Morgan fingerprint density at radius 1 is 0.921 bits per heavy atom. The predicted octanol–water partition coefficient (Wildman–Crippen LogP) is 4.40. The van der Waals surface area contributed by atoms with Gasteiger partial charge in [0, 0.05) is 18.9 Å². The molecule has 198 valence electrons. The Balaban J connectivity index is 1.32. The molecule has 3 aromatic carbocycles. The summed E-state index contributed by atoms with van der Waals surface area (Å²) in [5.74, 6) is -0.182. The third-order valence-corrected chi connectivity index (χ3v) is 6.74. The zero-order valence-electron chi connectivity index (χ0n) is 21.7. The van der Waals surface area contributed by atoms with Crippen molar-refractivity contribution >= 4 is 17.8 Å². The van der Waals surface area contributed by atoms with Crippen LogP contribution in [0, 0.1) is 6.92 Å². The van der Waals surface area contributed by atoms with E-state index in [1.807, 2.05) is 91.9 Å². The van der Waals surface area contributed by atoms with Gasteiger partial charge in [-0.2, -0.15) is 0 Å². The summed E-state index contributed by atoms with van der Waals surface area (Å²) < 4.78 is 11.2. The summed E-state index contributed by atoms with van der Waals surface area (Å²) in [5.41, 5.74) is 3.12. The first kappa shape index (κ1) is 26.9. The molecule has 1 N–H and O–H groups in total. The van der Waals surface area contributed by atoms with Crippen molar-refractivity contribution in [2.45, 2.75) is 44.8 Å². The zero-order valence-corrected chi connectivity index (χ0v) is 21.7. The lowest BCUT2D eigenvalue weighted by molar-refractivity contribution is -0.154. The van der Waals surface area contributed by atoms with Gasteiger partial charge in [-0.1, -0.05) is 72.8 Å². The average molecular weight is 515 g/mol. The lowest BCUT2D eigenvalue weighted by atomic mass is 9.93. The highest BCUT2D eigenvalue weighted by molar-refractivity contribution is 5.89. The van der Waals surface area contributed by atoms with Gasteiger partial charge >= 0.3 is 5.97 Å². The van der Waals surface area contributed by atoms with Gasteiger partial charge in [0.05, 0.1) is 13.2 Å². The molecule has 0 aromatic heterocycles. The van der Waals surface area contributed by atoms with E-state index in [-0.39, 0.29) is 37.3 Å². The molecule has 0 aliphatic carbocycles. The Morgan fingerprint density at radius 3 is 2.34 bits per heavy atom. The van der Waals surface area contributed by atoms with Crippen LogP contribution in [0.4, 0.5) is 0 Å². The molecular weight excluding hydrogens is 480 g/mol. The van der Waals surface area contributed by atoms with E-state index in [9.17, 15) is 14.4 Å². The van der Waals surface area contributed by atoms with Crippen LogP contribution >= 0.6 is 0 Å². The molecule has 1 aliphatic heterocycles. The van der Waals surface area contributed by atoms with Crippen LogP contribution in [0.15, 0.2) is 84.9 Å². The van der Waals surface area contributed by atoms with E-state index < -0.39 is 12.0 Å². The maximum atomic E-state index is 13.2. The van der Waals surface area contributed by atoms with E-state index in [0.29, 0.717) is 26.0 Å². The Morgan fingerprint density at radius 2 is 1.61 bits per heavy atom. The second kappa shape index (κ2) is 13.4. The molecule has 2 amide bonds. The predicted molar refractivity (Wildman–Crippen MR) is 144 cm³/mol. The van der Waals surface area contributed by atoms with Crippen LogP contribution in [-0.2, 0) is 25.7 Å². The van der Waals surface area contributed by atoms with E-state index in [0.717, 1.165) is 22.4 Å². The largest absolute Gasteiger partial charge is 0.494 e. The summed E-state index contributed by atoms with van der Waals surface area (Å²) in [6.45, 7) is 2.82. The summed E-state index contributed by atoms with van der Waals surface area (Å²) in [6.07, 6.45) is 1.26. The second-order valence-electron chi connectivity index (χ2n) is 9.49. The van der Waals surface area contributed by atoms with Crippen molar-refractivity contribution in [1.82, 2.24) is 10.2 Å². The van der Waals surface area contributed by atoms with Crippen molar-refractivity contribution in [3.63, 3.8) is 0 Å². The van der Waals surface area contributed by atoms with Crippen molar-refractivity contribution in [3.05, 3.63) is 102 Å². The first-order chi connectivity index (χ1) is 18.5. The van der Waals surface area contributed by atoms with Gasteiger partial charge in [-0.25, -0.2) is 4.79 Å². The van der Waals surface area contributed by atoms with Crippen LogP contribution in [-0.4, -0.2) is 48.4 Å². The van der Waals surface area contributed by atoms with Crippen LogP contribution in [0.25, 0.3) is 0 Å². The maximum Gasteiger partial charge on any atom is 0.329 e. The molecule has 7 nitrogen and oxygen atoms in total. The Hall–Kier alpha value is -4.13. The molecule has 0 saturated carbocycles. The summed E-state index contributed by atoms with van der Waals surface area (Å²) in [6, 6.07) is 26.2. The standard InChI is InChI=1S/C31H34N2O5/c1-23-11-8-9-16-27(23)25-19-28(31(36)38-22-24-12-4-2-5-13-24)33(21-25)30(35)20-32-29(34)17-10-18-37-26-14-6-3-7-15-26/h2-9,11-16,25,28H,10,17-22H2,1H3,(H,32,34)/t25-,28+/m1/s1. The zero-order chi connectivity index (χ0) is 26.7. The Bertz CT molecular complexity index is 1220. The molecule has 1 fully saturated rings. The number of amides is 2. The van der Waals surface area contributed by atoms with Crippen LogP contribution in [0.2, 0.25) is 0 Å². The van der Waals surface area contributed by atoms with Gasteiger partial charge in [0.2, 0.25) is 11.8 Å². The van der Waals surface area contributed by atoms with Gasteiger partial charge in [-0.3, -0.25) is 9.59 Å². The third-order valence-electron chi connectivity index (χ3n) is 6.74. The molecule has 7 heteroatoms. The quantitative estimate of drug-likeness (QED) is 0.303. The summed E-state index contributed by atoms with van der Waals surface area (Å²) in [7, 11) is 0. The number of carbonyl (C=O) groups excluding carboxylic acids is 3. The first-order valence-electron chi connectivity index (χ1n) is 13.0. The molecule has 1 aliphatic rings. The molecule has 1 heterocycles. The van der Waals surface area contributed by atoms with Crippen molar-refractivity contribution < 1.29 is 23.9 Å². The first-order valence-corrected chi connectivity index (χ1v) is 13.0. The highest BCUT2D eigenvalue weighted by atomic mass is 16.5. The minimum absolute atomic E-state index is 0.0141. The number of hydrogen-bond donors (Lipinski definition) is 1. The minimum atomic E-state index is -0.702. The number of ether oxygens (including phenoxy) is 2. The van der Waals surface area contributed by atoms with Crippen molar-refractivity contribution in [2.75, 3.05) is 19.7 Å². The molecule has 2 atom stereocenters. The Kier molecular flexibility index (Phi) is 9.51. The highest BCUT2D eigenvalue weighted by Gasteiger charge is 2.41. The number of likely N-dealkylation sites (tertiary alicyclic amines) is 1. The minimum Gasteiger partial charge on any atom is -0.494 e. The SMILES string of the molecule is Cc1ccccc1[C@@H]1C[C@@H](C(=O)OCc2ccccc2)N(C(=O)CNC(=O)CCCOc2ccccc2)C1. The Labute approximate surface area is 223 Å². The van der Waals surface area contributed by atoms with Gasteiger partial charge in [0.1, 0.15) is 18.4 Å². The van der Waals surface area contributed by atoms with Gasteiger partial charge in [-0.15, -0.1) is 0 Å². The van der Waals surface area contributed by atoms with Crippen molar-refractivity contribution in [2.24, 2.45) is 0 Å². The fourth-order valence-electron chi connectivity index (χ4n) is 4.73. The smallest absolute Gasteiger partial charge is 0.329 e. The van der Waals surface area contributed by atoms with Gasteiger partial charge in [0.25, 0.3) is 0 Å². The van der Waals surface area contributed by atoms with Gasteiger partial charge in [0.15, 0.2) is 0 Å². The van der Waals surface area contributed by atoms with Crippen molar-refractivity contribution in [3.8, 4) is 5.75 Å². The normalized spacial score (nSPS) is 16.6. The van der Waals surface area contributed by atoms with Crippen LogP contribution in [0.1, 0.15) is 41.9 Å². The highest BCUT2D eigenvalue weighted by Crippen LogP contribution is 2.34. The topological polar surface area (TPSA) is 84.9 Å². The van der Waals surface area contributed by atoms with E-state index in [1.165, 1.54) is 0 Å². The molecule has 0 spiro atoms. The number of benzene rings is 3. The monoisotopic (exact) mass is 514 g/mol. The van der Waals surface area contributed by atoms with Gasteiger partial charge < -0.3 is 19.7 Å². The number of rotatable bonds is 11. The average Bonchev–Trinajstić information content (AvgIpc) is 3.40. The lowest BCUT2D eigenvalue weighted by Gasteiger charge is -2.23. The molecule has 3 aromatic rings. The maximum absolute atomic E-state index is 13.2. The summed E-state index contributed by atoms with van der Waals surface area (Å²) in [4.78, 5) is 40.2. The molecule has 0 radical (unpaired) electrons. The molecule has 38 heavy (non-hydrogen) atoms. The molecule has 0 bridgehead atoms. The number of para-hydroxylation sites is 1. The second-order valence-corrected chi connectivity index (χ2v) is 9.49. The fraction of sp³-hybridized carbons (Fsp3) is 0.323. The number of aryl methyl sites for hydroxylation is 1. The van der Waals surface area contributed by atoms with Crippen LogP contribution in [0.5, 0.6) is 5.75 Å². The van der Waals surface area contributed by atoms with E-state index in [4.69, 9.17) is 9.47 Å². The molecular formula is C31H34N2O5. The number of carbonyl (C=O) groups is 3. The summed E-state index contributed by atoms with van der Waals surface area (Å²) >= 11 is 0. The number of nitrogens with zero attached hydrogens (tertiary/aromatic N) is 1. The number of esters is 1. The van der Waals surface area contributed by atoms with E-state index in [2.05, 4.69) is 5.32 Å². The molecule has 0 unspecified atom stereocenters. The third kappa shape index (κ3) is 7.44. The number of hydrogen-bond acceptors (Lipinski definition) is 5. The van der Waals surface area contributed by atoms with Crippen LogP contribution < -0.4 is 10.1 Å². The fourth-order valence-corrected chi connectivity index (χ4v) is 4.73. The molecule has 4 rings (SSSR count). The number of nitrogens with one attached hydrogen (secondary N) is 1.